The van der Waals surface area contributed by atoms with Gasteiger partial charge in [-0.25, -0.2) is 0 Å². The van der Waals surface area contributed by atoms with Crippen molar-refractivity contribution in [3.8, 4) is 51.4 Å². The summed E-state index contributed by atoms with van der Waals surface area (Å²) in [5.41, 5.74) is 15.4. The highest BCUT2D eigenvalue weighted by Crippen LogP contribution is 2.41. The second kappa shape index (κ2) is 16.3. The summed E-state index contributed by atoms with van der Waals surface area (Å²) in [6, 6.07) is 77.8. The average Bonchev–Trinajstić information content (AvgIpc) is 3.68. The SMILES string of the molecule is C#C/C(=C\C=C(/C)c1ccccc1)N(c1ccc(-c2ccc(-c3cccc4ccccc34)cc2)cc1)c1cccc(-c2cccc3c2c2ccccc2n3-c2ccccc2)c1. The molecule has 0 aliphatic carbocycles. The normalized spacial score (nSPS) is 11.9. The molecule has 0 aliphatic rings. The average molecular weight is 779 g/mol. The molecule has 61 heavy (non-hydrogen) atoms. The van der Waals surface area contributed by atoms with E-state index < -0.39 is 0 Å². The number of hydrogen-bond donors (Lipinski definition) is 0. The maximum atomic E-state index is 6.44. The summed E-state index contributed by atoms with van der Waals surface area (Å²) in [5.74, 6) is 3.06. The Balaban J connectivity index is 1.06. The molecule has 2 nitrogen and oxygen atoms in total. The van der Waals surface area contributed by atoms with Crippen LogP contribution in [0.5, 0.6) is 0 Å². The fourth-order valence-electron chi connectivity index (χ4n) is 8.67. The molecule has 0 bridgehead atoms. The van der Waals surface area contributed by atoms with Gasteiger partial charge >= 0.3 is 0 Å². The number of benzene rings is 9. The molecule has 1 aromatic heterocycles. The summed E-state index contributed by atoms with van der Waals surface area (Å²) < 4.78 is 2.36. The van der Waals surface area contributed by atoms with Gasteiger partial charge in [-0.2, -0.15) is 0 Å². The van der Waals surface area contributed by atoms with Gasteiger partial charge in [0.15, 0.2) is 0 Å². The number of terminal acetylenes is 1. The second-order valence-electron chi connectivity index (χ2n) is 15.3. The van der Waals surface area contributed by atoms with E-state index in [1.165, 1.54) is 49.3 Å². The highest BCUT2D eigenvalue weighted by atomic mass is 15.1. The van der Waals surface area contributed by atoms with E-state index in [9.17, 15) is 0 Å². The molecule has 0 unspecified atom stereocenters. The van der Waals surface area contributed by atoms with E-state index in [1.807, 2.05) is 6.07 Å². The van der Waals surface area contributed by atoms with Gasteiger partial charge in [-0.15, -0.1) is 6.42 Å². The second-order valence-corrected chi connectivity index (χ2v) is 15.3. The number of nitrogens with zero attached hydrogens (tertiary/aromatic N) is 2. The molecular formula is C59H42N2. The van der Waals surface area contributed by atoms with Crippen LogP contribution in [0.4, 0.5) is 11.4 Å². The molecule has 1 heterocycles. The molecule has 0 aliphatic heterocycles. The van der Waals surface area contributed by atoms with Crippen molar-refractivity contribution < 1.29 is 0 Å². The minimum atomic E-state index is 0.735. The van der Waals surface area contributed by atoms with Crippen LogP contribution < -0.4 is 4.90 Å². The van der Waals surface area contributed by atoms with E-state index in [-0.39, 0.29) is 0 Å². The van der Waals surface area contributed by atoms with E-state index in [1.54, 1.807) is 0 Å². The molecule has 0 spiro atoms. The lowest BCUT2D eigenvalue weighted by Gasteiger charge is -2.26. The third-order valence-electron chi connectivity index (χ3n) is 11.7. The van der Waals surface area contributed by atoms with Crippen LogP contribution in [0, 0.1) is 12.3 Å². The first-order chi connectivity index (χ1) is 30.1. The van der Waals surface area contributed by atoms with E-state index in [0.717, 1.165) is 50.6 Å². The van der Waals surface area contributed by atoms with Crippen molar-refractivity contribution in [3.63, 3.8) is 0 Å². The van der Waals surface area contributed by atoms with Gasteiger partial charge in [0, 0.05) is 27.8 Å². The Morgan fingerprint density at radius 2 is 1.07 bits per heavy atom. The number of aromatic nitrogens is 1. The van der Waals surface area contributed by atoms with Crippen LogP contribution in [0.15, 0.2) is 236 Å². The lowest BCUT2D eigenvalue weighted by atomic mass is 9.96. The highest BCUT2D eigenvalue weighted by Gasteiger charge is 2.19. The first-order valence-corrected chi connectivity index (χ1v) is 20.7. The Labute approximate surface area is 357 Å². The Kier molecular flexibility index (Phi) is 9.91. The molecule has 0 radical (unpaired) electrons. The zero-order chi connectivity index (χ0) is 41.1. The predicted octanol–water partition coefficient (Wildman–Crippen LogP) is 15.7. The minimum Gasteiger partial charge on any atom is -0.309 e. The van der Waals surface area contributed by atoms with Crippen molar-refractivity contribution in [2.75, 3.05) is 4.90 Å². The fraction of sp³-hybridized carbons (Fsp3) is 0.0169. The lowest BCUT2D eigenvalue weighted by Crippen LogP contribution is -2.15. The van der Waals surface area contributed by atoms with Crippen molar-refractivity contribution in [3.05, 3.63) is 242 Å². The Morgan fingerprint density at radius 3 is 1.84 bits per heavy atom. The number of allylic oxidation sites excluding steroid dienone is 4. The van der Waals surface area contributed by atoms with Crippen LogP contribution in [0.3, 0.4) is 0 Å². The Morgan fingerprint density at radius 1 is 0.475 bits per heavy atom. The first-order valence-electron chi connectivity index (χ1n) is 20.7. The van der Waals surface area contributed by atoms with Gasteiger partial charge < -0.3 is 9.47 Å². The molecular weight excluding hydrogens is 737 g/mol. The summed E-state index contributed by atoms with van der Waals surface area (Å²) in [6.45, 7) is 2.12. The van der Waals surface area contributed by atoms with Crippen LogP contribution in [0.2, 0.25) is 0 Å². The number of hydrogen-bond acceptors (Lipinski definition) is 1. The van der Waals surface area contributed by atoms with Crippen LogP contribution in [-0.2, 0) is 0 Å². The van der Waals surface area contributed by atoms with Crippen molar-refractivity contribution in [2.24, 2.45) is 0 Å². The number of anilines is 2. The van der Waals surface area contributed by atoms with Gasteiger partial charge in [-0.3, -0.25) is 0 Å². The quantitative estimate of drug-likeness (QED) is 0.105. The van der Waals surface area contributed by atoms with Crippen molar-refractivity contribution >= 4 is 49.5 Å². The summed E-state index contributed by atoms with van der Waals surface area (Å²) >= 11 is 0. The van der Waals surface area contributed by atoms with E-state index in [0.29, 0.717) is 0 Å². The molecule has 0 N–H and O–H groups in total. The zero-order valence-electron chi connectivity index (χ0n) is 33.9. The highest BCUT2D eigenvalue weighted by molar-refractivity contribution is 6.16. The largest absolute Gasteiger partial charge is 0.309 e. The van der Waals surface area contributed by atoms with Crippen LogP contribution in [0.25, 0.3) is 77.2 Å². The molecule has 288 valence electrons. The van der Waals surface area contributed by atoms with Gasteiger partial charge in [-0.1, -0.05) is 182 Å². The maximum absolute atomic E-state index is 6.44. The molecule has 0 amide bonds. The molecule has 9 aromatic carbocycles. The molecule has 0 atom stereocenters. The number of rotatable bonds is 9. The molecule has 10 rings (SSSR count). The van der Waals surface area contributed by atoms with Gasteiger partial charge in [0.05, 0.1) is 16.7 Å². The van der Waals surface area contributed by atoms with E-state index in [2.05, 4.69) is 247 Å². The third-order valence-corrected chi connectivity index (χ3v) is 11.7. The number of fused-ring (bicyclic) bond motifs is 4. The predicted molar refractivity (Wildman–Crippen MR) is 260 cm³/mol. The molecule has 0 saturated heterocycles. The van der Waals surface area contributed by atoms with Gasteiger partial charge in [0.1, 0.15) is 0 Å². The number of para-hydroxylation sites is 2. The molecule has 2 heteroatoms. The van der Waals surface area contributed by atoms with Crippen molar-refractivity contribution in [1.29, 1.82) is 0 Å². The van der Waals surface area contributed by atoms with Crippen molar-refractivity contribution in [1.82, 2.24) is 4.57 Å². The van der Waals surface area contributed by atoms with E-state index in [4.69, 9.17) is 6.42 Å². The van der Waals surface area contributed by atoms with Gasteiger partial charge in [-0.05, 0) is 117 Å². The fourth-order valence-corrected chi connectivity index (χ4v) is 8.67. The topological polar surface area (TPSA) is 8.17 Å². The van der Waals surface area contributed by atoms with E-state index >= 15 is 0 Å². The maximum Gasteiger partial charge on any atom is 0.0967 e. The first kappa shape index (κ1) is 37.2. The van der Waals surface area contributed by atoms with Crippen LogP contribution >= 0.6 is 0 Å². The standard InChI is InChI=1S/C59H42N2/c1-3-49(38-31-42(2)43-17-6-4-7-18-43)60(51-39-36-45(37-40-51)44-32-34-47(35-33-44)54-27-15-20-46-19-10-11-25-53(46)54)52-24-14-21-48(41-52)55-28-16-30-58-59(55)56-26-12-13-29-57(56)61(58)50-22-8-5-9-23-50/h1,4-41H,2H3/b42-31+,49-38+. The minimum absolute atomic E-state index is 0.735. The molecule has 10 aromatic rings. The van der Waals surface area contributed by atoms with Gasteiger partial charge in [0.25, 0.3) is 0 Å². The third kappa shape index (κ3) is 7.10. The molecule has 0 fully saturated rings. The Hall–Kier alpha value is -8.12. The van der Waals surface area contributed by atoms with Crippen molar-refractivity contribution in [2.45, 2.75) is 6.92 Å². The van der Waals surface area contributed by atoms with Crippen LogP contribution in [-0.4, -0.2) is 4.57 Å². The van der Waals surface area contributed by atoms with Crippen LogP contribution in [0.1, 0.15) is 12.5 Å². The summed E-state index contributed by atoms with van der Waals surface area (Å²) in [5, 5.41) is 4.93. The summed E-state index contributed by atoms with van der Waals surface area (Å²) in [7, 11) is 0. The summed E-state index contributed by atoms with van der Waals surface area (Å²) in [4.78, 5) is 2.19. The zero-order valence-corrected chi connectivity index (χ0v) is 33.9. The monoisotopic (exact) mass is 778 g/mol. The summed E-state index contributed by atoms with van der Waals surface area (Å²) in [6.07, 6.45) is 10.6. The smallest absolute Gasteiger partial charge is 0.0967 e. The Bertz CT molecular complexity index is 3280. The van der Waals surface area contributed by atoms with Gasteiger partial charge in [0.2, 0.25) is 0 Å². The molecule has 0 saturated carbocycles. The lowest BCUT2D eigenvalue weighted by molar-refractivity contribution is 1.18.